The summed E-state index contributed by atoms with van der Waals surface area (Å²) in [5.41, 5.74) is 2.69. The van der Waals surface area contributed by atoms with Crippen molar-refractivity contribution in [3.05, 3.63) is 34.4 Å². The number of hydrogen-bond acceptors (Lipinski definition) is 4. The zero-order valence-electron chi connectivity index (χ0n) is 10.7. The number of nitrogens with zero attached hydrogens (tertiary/aromatic N) is 1. The van der Waals surface area contributed by atoms with Crippen molar-refractivity contribution in [2.75, 3.05) is 6.61 Å². The third-order valence-electron chi connectivity index (χ3n) is 2.68. The van der Waals surface area contributed by atoms with Gasteiger partial charge in [-0.05, 0) is 30.0 Å². The second-order valence-electron chi connectivity index (χ2n) is 3.89. The molecule has 0 heterocycles. The molecule has 0 unspecified atom stereocenters. The number of hydrogen-bond donors (Lipinski definition) is 1. The standard InChI is InChI=1S/C14H17NO3/c1-3-11-5-10(7-14(17)18-4-2)6-12(9-16)13(11)8-15/h5-6,16H,3-4,7,9H2,1-2H3. The number of ether oxygens (including phenoxy) is 1. The molecule has 1 aromatic carbocycles. The van der Waals surface area contributed by atoms with E-state index in [1.165, 1.54) is 0 Å². The third kappa shape index (κ3) is 3.31. The van der Waals surface area contributed by atoms with Gasteiger partial charge in [-0.1, -0.05) is 19.1 Å². The van der Waals surface area contributed by atoms with Crippen molar-refractivity contribution in [2.45, 2.75) is 33.3 Å². The smallest absolute Gasteiger partial charge is 0.310 e. The minimum Gasteiger partial charge on any atom is -0.466 e. The van der Waals surface area contributed by atoms with Gasteiger partial charge in [0.15, 0.2) is 0 Å². The highest BCUT2D eigenvalue weighted by Gasteiger charge is 2.11. The minimum absolute atomic E-state index is 0.166. The molecule has 96 valence electrons. The Bertz CT molecular complexity index is 449. The molecule has 0 bridgehead atoms. The van der Waals surface area contributed by atoms with Gasteiger partial charge in [-0.25, -0.2) is 0 Å². The van der Waals surface area contributed by atoms with Crippen LogP contribution in [0.5, 0.6) is 0 Å². The molecule has 18 heavy (non-hydrogen) atoms. The number of benzene rings is 1. The Labute approximate surface area is 107 Å². The molecule has 0 aromatic heterocycles. The number of carbonyl (C=O) groups excluding carboxylic acids is 1. The van der Waals surface area contributed by atoms with Gasteiger partial charge in [0, 0.05) is 0 Å². The van der Waals surface area contributed by atoms with Crippen LogP contribution in [-0.2, 0) is 29.0 Å². The van der Waals surface area contributed by atoms with Crippen molar-refractivity contribution in [1.82, 2.24) is 0 Å². The Kier molecular flexibility index (Phi) is 5.34. The first-order valence-electron chi connectivity index (χ1n) is 5.97. The van der Waals surface area contributed by atoms with Crippen molar-refractivity contribution < 1.29 is 14.6 Å². The first-order valence-corrected chi connectivity index (χ1v) is 5.97. The van der Waals surface area contributed by atoms with E-state index < -0.39 is 0 Å². The fourth-order valence-electron chi connectivity index (χ4n) is 1.87. The number of aliphatic hydroxyl groups is 1. The summed E-state index contributed by atoms with van der Waals surface area (Å²) in [7, 11) is 0. The number of aliphatic hydroxyl groups excluding tert-OH is 1. The van der Waals surface area contributed by atoms with E-state index in [9.17, 15) is 9.90 Å². The van der Waals surface area contributed by atoms with Gasteiger partial charge in [0.2, 0.25) is 0 Å². The second kappa shape index (κ2) is 6.77. The molecule has 4 nitrogen and oxygen atoms in total. The summed E-state index contributed by atoms with van der Waals surface area (Å²) in [6.07, 6.45) is 0.853. The summed E-state index contributed by atoms with van der Waals surface area (Å²) in [6, 6.07) is 5.61. The fourth-order valence-corrected chi connectivity index (χ4v) is 1.87. The lowest BCUT2D eigenvalue weighted by Crippen LogP contribution is -2.09. The zero-order valence-corrected chi connectivity index (χ0v) is 10.7. The lowest BCUT2D eigenvalue weighted by atomic mass is 9.96. The van der Waals surface area contributed by atoms with Gasteiger partial charge < -0.3 is 9.84 Å². The van der Waals surface area contributed by atoms with Crippen LogP contribution in [0.15, 0.2) is 12.1 Å². The zero-order chi connectivity index (χ0) is 13.5. The summed E-state index contributed by atoms with van der Waals surface area (Å²) in [6.45, 7) is 3.84. The van der Waals surface area contributed by atoms with E-state index in [2.05, 4.69) is 6.07 Å². The molecule has 0 amide bonds. The van der Waals surface area contributed by atoms with Gasteiger partial charge in [0.1, 0.15) is 0 Å². The van der Waals surface area contributed by atoms with Crippen LogP contribution < -0.4 is 0 Å². The second-order valence-corrected chi connectivity index (χ2v) is 3.89. The average molecular weight is 247 g/mol. The van der Waals surface area contributed by atoms with Crippen molar-refractivity contribution in [3.8, 4) is 6.07 Å². The van der Waals surface area contributed by atoms with Gasteiger partial charge in [-0.3, -0.25) is 4.79 Å². The lowest BCUT2D eigenvalue weighted by molar-refractivity contribution is -0.142. The molecule has 0 spiro atoms. The molecular formula is C14H17NO3. The highest BCUT2D eigenvalue weighted by atomic mass is 16.5. The molecule has 0 radical (unpaired) electrons. The van der Waals surface area contributed by atoms with Gasteiger partial charge >= 0.3 is 5.97 Å². The Hall–Kier alpha value is -1.86. The lowest BCUT2D eigenvalue weighted by Gasteiger charge is -2.10. The Morgan fingerprint density at radius 1 is 1.39 bits per heavy atom. The summed E-state index contributed by atoms with van der Waals surface area (Å²) in [4.78, 5) is 11.4. The van der Waals surface area contributed by atoms with E-state index in [1.807, 2.05) is 13.0 Å². The van der Waals surface area contributed by atoms with Crippen molar-refractivity contribution in [3.63, 3.8) is 0 Å². The van der Waals surface area contributed by atoms with E-state index >= 15 is 0 Å². The van der Waals surface area contributed by atoms with Gasteiger partial charge in [-0.2, -0.15) is 5.26 Å². The molecule has 0 atom stereocenters. The van der Waals surface area contributed by atoms with E-state index in [0.29, 0.717) is 24.2 Å². The molecule has 0 aliphatic rings. The Morgan fingerprint density at radius 2 is 2.06 bits per heavy atom. The minimum atomic E-state index is -0.298. The monoisotopic (exact) mass is 247 g/mol. The van der Waals surface area contributed by atoms with Crippen LogP contribution in [-0.4, -0.2) is 17.7 Å². The Morgan fingerprint density at radius 3 is 2.56 bits per heavy atom. The number of rotatable bonds is 5. The maximum absolute atomic E-state index is 11.4. The number of carbonyl (C=O) groups is 1. The van der Waals surface area contributed by atoms with E-state index in [-0.39, 0.29) is 19.0 Å². The fraction of sp³-hybridized carbons (Fsp3) is 0.429. The molecule has 1 N–H and O–H groups in total. The van der Waals surface area contributed by atoms with Crippen molar-refractivity contribution >= 4 is 5.97 Å². The average Bonchev–Trinajstić information content (AvgIpc) is 2.37. The summed E-state index contributed by atoms with van der Waals surface area (Å²) in [5, 5.41) is 18.3. The summed E-state index contributed by atoms with van der Waals surface area (Å²) >= 11 is 0. The van der Waals surface area contributed by atoms with Gasteiger partial charge in [-0.15, -0.1) is 0 Å². The SMILES string of the molecule is CCOC(=O)Cc1cc(CC)c(C#N)c(CO)c1. The predicted octanol–water partition coefficient (Wildman–Crippen LogP) is 1.72. The summed E-state index contributed by atoms with van der Waals surface area (Å²) < 4.78 is 4.88. The number of esters is 1. The summed E-state index contributed by atoms with van der Waals surface area (Å²) in [5.74, 6) is -0.298. The maximum Gasteiger partial charge on any atom is 0.310 e. The number of aryl methyl sites for hydroxylation is 1. The molecular weight excluding hydrogens is 230 g/mol. The quantitative estimate of drug-likeness (QED) is 0.804. The van der Waals surface area contributed by atoms with Crippen LogP contribution in [0, 0.1) is 11.3 Å². The number of nitriles is 1. The normalized spacial score (nSPS) is 9.89. The Balaban J connectivity index is 3.08. The van der Waals surface area contributed by atoms with Crippen molar-refractivity contribution in [2.24, 2.45) is 0 Å². The van der Waals surface area contributed by atoms with Crippen LogP contribution in [0.25, 0.3) is 0 Å². The van der Waals surface area contributed by atoms with Crippen LogP contribution in [0.4, 0.5) is 0 Å². The van der Waals surface area contributed by atoms with E-state index in [4.69, 9.17) is 10.00 Å². The predicted molar refractivity (Wildman–Crippen MR) is 66.8 cm³/mol. The van der Waals surface area contributed by atoms with Crippen molar-refractivity contribution in [1.29, 1.82) is 5.26 Å². The highest BCUT2D eigenvalue weighted by molar-refractivity contribution is 5.73. The highest BCUT2D eigenvalue weighted by Crippen LogP contribution is 2.19. The largest absolute Gasteiger partial charge is 0.466 e. The molecule has 0 fully saturated rings. The van der Waals surface area contributed by atoms with Crippen LogP contribution in [0.3, 0.4) is 0 Å². The first kappa shape index (κ1) is 14.2. The first-order chi connectivity index (χ1) is 8.65. The molecule has 0 aliphatic carbocycles. The molecule has 0 saturated carbocycles. The molecule has 0 saturated heterocycles. The van der Waals surface area contributed by atoms with Crippen LogP contribution in [0.1, 0.15) is 36.1 Å². The third-order valence-corrected chi connectivity index (χ3v) is 2.68. The van der Waals surface area contributed by atoms with Gasteiger partial charge in [0.25, 0.3) is 0 Å². The molecule has 4 heteroatoms. The van der Waals surface area contributed by atoms with Gasteiger partial charge in [0.05, 0.1) is 31.3 Å². The molecule has 1 aromatic rings. The maximum atomic E-state index is 11.4. The van der Waals surface area contributed by atoms with E-state index in [0.717, 1.165) is 11.1 Å². The van der Waals surface area contributed by atoms with Crippen LogP contribution in [0.2, 0.25) is 0 Å². The van der Waals surface area contributed by atoms with Crippen LogP contribution >= 0.6 is 0 Å². The molecule has 0 aliphatic heterocycles. The molecule has 1 rings (SSSR count). The topological polar surface area (TPSA) is 70.3 Å². The van der Waals surface area contributed by atoms with E-state index in [1.54, 1.807) is 13.0 Å².